The standard InChI is InChI=1S/C29H41N3O5/c1-20(2)32(21-10-9-15-30-19-21)27(33)23-18-25(36-17-16-35-4)22-11-8-12-24(26(22)31-23)37-28(34)29(3)13-6-5-7-14-29/h8,11-12,18,20-21,30H,5-7,9-10,13-17,19H2,1-4H3/t21-/m1/s1. The third-order valence-corrected chi connectivity index (χ3v) is 7.64. The number of amides is 1. The summed E-state index contributed by atoms with van der Waals surface area (Å²) in [5.74, 6) is 0.494. The number of hydrogen-bond donors (Lipinski definition) is 1. The van der Waals surface area contributed by atoms with Crippen molar-refractivity contribution in [3.63, 3.8) is 0 Å². The van der Waals surface area contributed by atoms with Gasteiger partial charge < -0.3 is 24.4 Å². The highest BCUT2D eigenvalue weighted by molar-refractivity contribution is 5.99. The largest absolute Gasteiger partial charge is 0.490 e. The quantitative estimate of drug-likeness (QED) is 0.295. The Morgan fingerprint density at radius 3 is 2.59 bits per heavy atom. The molecule has 0 unspecified atom stereocenters. The van der Waals surface area contributed by atoms with Gasteiger partial charge in [0.05, 0.1) is 12.0 Å². The molecular weight excluding hydrogens is 470 g/mol. The molecule has 1 aliphatic carbocycles. The first-order chi connectivity index (χ1) is 17.8. The maximum Gasteiger partial charge on any atom is 0.317 e. The molecule has 8 nitrogen and oxygen atoms in total. The van der Waals surface area contributed by atoms with Crippen molar-refractivity contribution in [3.05, 3.63) is 30.0 Å². The Hall–Kier alpha value is -2.71. The number of fused-ring (bicyclic) bond motifs is 1. The normalized spacial score (nSPS) is 19.5. The summed E-state index contributed by atoms with van der Waals surface area (Å²) in [7, 11) is 1.62. The van der Waals surface area contributed by atoms with Crippen molar-refractivity contribution in [3.8, 4) is 11.5 Å². The van der Waals surface area contributed by atoms with Gasteiger partial charge in [-0.05, 0) is 65.1 Å². The predicted octanol–water partition coefficient (Wildman–Crippen LogP) is 4.74. The summed E-state index contributed by atoms with van der Waals surface area (Å²) in [6.45, 7) is 8.51. The number of methoxy groups -OCH3 is 1. The van der Waals surface area contributed by atoms with Gasteiger partial charge in [-0.3, -0.25) is 9.59 Å². The Morgan fingerprint density at radius 2 is 1.92 bits per heavy atom. The second-order valence-electron chi connectivity index (χ2n) is 10.8. The van der Waals surface area contributed by atoms with Crippen molar-refractivity contribution in [1.82, 2.24) is 15.2 Å². The Labute approximate surface area is 220 Å². The van der Waals surface area contributed by atoms with Crippen LogP contribution >= 0.6 is 0 Å². The zero-order valence-electron chi connectivity index (χ0n) is 22.7. The molecule has 0 spiro atoms. The Morgan fingerprint density at radius 1 is 1.14 bits per heavy atom. The number of benzene rings is 1. The van der Waals surface area contributed by atoms with Crippen LogP contribution in [0.25, 0.3) is 10.9 Å². The number of hydrogen-bond acceptors (Lipinski definition) is 7. The monoisotopic (exact) mass is 511 g/mol. The van der Waals surface area contributed by atoms with E-state index in [9.17, 15) is 9.59 Å². The van der Waals surface area contributed by atoms with Gasteiger partial charge in [-0.2, -0.15) is 0 Å². The van der Waals surface area contributed by atoms with Gasteiger partial charge in [0.1, 0.15) is 23.6 Å². The molecule has 0 radical (unpaired) electrons. The summed E-state index contributed by atoms with van der Waals surface area (Å²) in [5.41, 5.74) is 0.235. The highest BCUT2D eigenvalue weighted by Crippen LogP contribution is 2.39. The van der Waals surface area contributed by atoms with E-state index in [0.29, 0.717) is 35.6 Å². The van der Waals surface area contributed by atoms with E-state index in [1.165, 1.54) is 0 Å². The number of carbonyl (C=O) groups is 2. The number of ether oxygens (including phenoxy) is 3. The van der Waals surface area contributed by atoms with Crippen LogP contribution in [0.1, 0.15) is 76.2 Å². The molecule has 2 aromatic rings. The summed E-state index contributed by atoms with van der Waals surface area (Å²) in [6, 6.07) is 7.26. The van der Waals surface area contributed by atoms with Crippen LogP contribution in [0.15, 0.2) is 24.3 Å². The number of para-hydroxylation sites is 1. The number of piperidine rings is 1. The minimum absolute atomic E-state index is 0.00655. The molecule has 2 aliphatic rings. The van der Waals surface area contributed by atoms with Gasteiger partial charge in [-0.25, -0.2) is 4.98 Å². The lowest BCUT2D eigenvalue weighted by Gasteiger charge is -2.37. The fraction of sp³-hybridized carbons (Fsp3) is 0.621. The second-order valence-corrected chi connectivity index (χ2v) is 10.8. The smallest absolute Gasteiger partial charge is 0.317 e. The lowest BCUT2D eigenvalue weighted by atomic mass is 9.76. The average molecular weight is 512 g/mol. The van der Waals surface area contributed by atoms with Gasteiger partial charge in [-0.15, -0.1) is 0 Å². The lowest BCUT2D eigenvalue weighted by molar-refractivity contribution is -0.146. The molecule has 1 atom stereocenters. The average Bonchev–Trinajstić information content (AvgIpc) is 2.90. The maximum absolute atomic E-state index is 13.9. The highest BCUT2D eigenvalue weighted by Gasteiger charge is 2.37. The van der Waals surface area contributed by atoms with Crippen LogP contribution in [0.3, 0.4) is 0 Å². The number of carbonyl (C=O) groups excluding carboxylic acids is 2. The number of esters is 1. The van der Waals surface area contributed by atoms with E-state index < -0.39 is 5.41 Å². The van der Waals surface area contributed by atoms with Crippen molar-refractivity contribution in [1.29, 1.82) is 0 Å². The summed E-state index contributed by atoms with van der Waals surface area (Å²) in [5, 5.41) is 4.10. The molecule has 4 rings (SSSR count). The van der Waals surface area contributed by atoms with E-state index in [1.807, 2.05) is 37.8 Å². The first-order valence-corrected chi connectivity index (χ1v) is 13.7. The van der Waals surface area contributed by atoms with E-state index in [2.05, 4.69) is 5.32 Å². The Balaban J connectivity index is 1.73. The molecule has 0 bridgehead atoms. The van der Waals surface area contributed by atoms with E-state index in [0.717, 1.165) is 58.0 Å². The van der Waals surface area contributed by atoms with Gasteiger partial charge in [0.25, 0.3) is 5.91 Å². The predicted molar refractivity (Wildman–Crippen MR) is 143 cm³/mol. The van der Waals surface area contributed by atoms with Crippen molar-refractivity contribution < 1.29 is 23.8 Å². The molecule has 2 heterocycles. The molecule has 1 aliphatic heterocycles. The molecule has 1 aromatic heterocycles. The van der Waals surface area contributed by atoms with Crippen LogP contribution in [0.4, 0.5) is 0 Å². The number of rotatable bonds is 9. The number of pyridine rings is 1. The van der Waals surface area contributed by atoms with Gasteiger partial charge in [0.15, 0.2) is 5.75 Å². The zero-order valence-corrected chi connectivity index (χ0v) is 22.7. The number of nitrogens with zero attached hydrogens (tertiary/aromatic N) is 2. The summed E-state index contributed by atoms with van der Waals surface area (Å²) < 4.78 is 17.2. The van der Waals surface area contributed by atoms with Crippen molar-refractivity contribution in [2.75, 3.05) is 33.4 Å². The second kappa shape index (κ2) is 12.2. The van der Waals surface area contributed by atoms with E-state index in [-0.39, 0.29) is 29.7 Å². The molecule has 1 saturated carbocycles. The lowest BCUT2D eigenvalue weighted by Crippen LogP contribution is -2.51. The Kier molecular flexibility index (Phi) is 9.03. The first kappa shape index (κ1) is 27.3. The fourth-order valence-electron chi connectivity index (χ4n) is 5.52. The number of nitrogens with one attached hydrogen (secondary N) is 1. The summed E-state index contributed by atoms with van der Waals surface area (Å²) in [6.07, 6.45) is 6.80. The van der Waals surface area contributed by atoms with Gasteiger partial charge in [0, 0.05) is 37.2 Å². The summed E-state index contributed by atoms with van der Waals surface area (Å²) >= 11 is 0. The fourth-order valence-corrected chi connectivity index (χ4v) is 5.52. The molecule has 1 amide bonds. The molecule has 1 saturated heterocycles. The molecule has 1 N–H and O–H groups in total. The van der Waals surface area contributed by atoms with Crippen LogP contribution < -0.4 is 14.8 Å². The van der Waals surface area contributed by atoms with Gasteiger partial charge in [-0.1, -0.05) is 25.3 Å². The van der Waals surface area contributed by atoms with E-state index >= 15 is 0 Å². The van der Waals surface area contributed by atoms with Crippen LogP contribution in [0.2, 0.25) is 0 Å². The highest BCUT2D eigenvalue weighted by atomic mass is 16.5. The molecular formula is C29H41N3O5. The van der Waals surface area contributed by atoms with Gasteiger partial charge in [0.2, 0.25) is 0 Å². The summed E-state index contributed by atoms with van der Waals surface area (Å²) in [4.78, 5) is 33.9. The molecule has 202 valence electrons. The Bertz CT molecular complexity index is 1090. The molecule has 1 aromatic carbocycles. The van der Waals surface area contributed by atoms with Crippen LogP contribution in [0.5, 0.6) is 11.5 Å². The molecule has 8 heteroatoms. The zero-order chi connectivity index (χ0) is 26.4. The van der Waals surface area contributed by atoms with E-state index in [1.54, 1.807) is 19.2 Å². The van der Waals surface area contributed by atoms with Crippen LogP contribution in [-0.2, 0) is 9.53 Å². The third kappa shape index (κ3) is 6.24. The SMILES string of the molecule is COCCOc1cc(C(=O)N(C(C)C)[C@@H]2CCCNC2)nc2c(OC(=O)C3(C)CCCCC3)cccc12. The van der Waals surface area contributed by atoms with Crippen LogP contribution in [-0.4, -0.2) is 67.3 Å². The van der Waals surface area contributed by atoms with Gasteiger partial charge >= 0.3 is 5.97 Å². The molecule has 2 fully saturated rings. The molecule has 37 heavy (non-hydrogen) atoms. The van der Waals surface area contributed by atoms with E-state index in [4.69, 9.17) is 19.2 Å². The number of aromatic nitrogens is 1. The minimum atomic E-state index is -0.506. The maximum atomic E-state index is 13.9. The van der Waals surface area contributed by atoms with Crippen molar-refractivity contribution in [2.45, 2.75) is 77.8 Å². The third-order valence-electron chi connectivity index (χ3n) is 7.64. The van der Waals surface area contributed by atoms with Crippen molar-refractivity contribution >= 4 is 22.8 Å². The van der Waals surface area contributed by atoms with Crippen LogP contribution in [0, 0.1) is 5.41 Å². The minimum Gasteiger partial charge on any atom is -0.490 e. The van der Waals surface area contributed by atoms with Crippen molar-refractivity contribution in [2.24, 2.45) is 5.41 Å². The topological polar surface area (TPSA) is 90.0 Å². The first-order valence-electron chi connectivity index (χ1n) is 13.7.